The number of carbonyl (C=O) groups excluding carboxylic acids is 1. The highest BCUT2D eigenvalue weighted by Crippen LogP contribution is 2.32. The van der Waals surface area contributed by atoms with E-state index in [4.69, 9.17) is 9.47 Å². The van der Waals surface area contributed by atoms with E-state index in [1.165, 1.54) is 6.08 Å². The number of benzene rings is 1. The van der Waals surface area contributed by atoms with Gasteiger partial charge in [0.15, 0.2) is 11.5 Å². The maximum atomic E-state index is 11.7. The Bertz CT molecular complexity index is 665. The largest absolute Gasteiger partial charge is 0.454 e. The van der Waals surface area contributed by atoms with E-state index in [2.05, 4.69) is 10.3 Å². The van der Waals surface area contributed by atoms with E-state index < -0.39 is 0 Å². The maximum absolute atomic E-state index is 11.7. The first-order chi connectivity index (χ1) is 10.8. The number of nitrogens with one attached hydrogen (secondary N) is 1. The molecule has 0 radical (unpaired) electrons. The monoisotopic (exact) mass is 299 g/mol. The molecule has 2 heterocycles. The number of aromatic nitrogens is 2. The molecule has 0 bridgehead atoms. The predicted molar refractivity (Wildman–Crippen MR) is 81.5 cm³/mol. The quantitative estimate of drug-likeness (QED) is 0.653. The average molecular weight is 299 g/mol. The molecule has 0 saturated heterocycles. The van der Waals surface area contributed by atoms with Gasteiger partial charge >= 0.3 is 0 Å². The lowest BCUT2D eigenvalue weighted by molar-refractivity contribution is -0.116. The first-order valence-electron chi connectivity index (χ1n) is 7.12. The van der Waals surface area contributed by atoms with Crippen molar-refractivity contribution in [3.8, 4) is 11.5 Å². The minimum Gasteiger partial charge on any atom is -0.454 e. The van der Waals surface area contributed by atoms with Crippen molar-refractivity contribution in [2.24, 2.45) is 0 Å². The van der Waals surface area contributed by atoms with Gasteiger partial charge < -0.3 is 19.4 Å². The maximum Gasteiger partial charge on any atom is 0.244 e. The lowest BCUT2D eigenvalue weighted by Crippen LogP contribution is -2.22. The van der Waals surface area contributed by atoms with Crippen molar-refractivity contribution in [2.45, 2.75) is 13.0 Å². The fourth-order valence-electron chi connectivity index (χ4n) is 2.14. The standard InChI is InChI=1S/C16H17N3O3/c20-16(18-6-1-8-19-9-7-17-11-19)5-3-13-2-4-14-15(10-13)22-12-21-14/h2-5,7,9-11H,1,6,8,12H2,(H,18,20). The highest BCUT2D eigenvalue weighted by molar-refractivity contribution is 5.91. The molecule has 6 heteroatoms. The third-order valence-corrected chi connectivity index (χ3v) is 3.28. The number of ether oxygens (including phenoxy) is 2. The molecule has 0 spiro atoms. The van der Waals surface area contributed by atoms with Gasteiger partial charge in [0, 0.05) is 31.6 Å². The summed E-state index contributed by atoms with van der Waals surface area (Å²) in [6, 6.07) is 5.58. The molecule has 1 aromatic heterocycles. The van der Waals surface area contributed by atoms with Gasteiger partial charge in [-0.1, -0.05) is 6.07 Å². The Morgan fingerprint density at radius 3 is 3.14 bits per heavy atom. The lowest BCUT2D eigenvalue weighted by atomic mass is 10.2. The number of nitrogens with zero attached hydrogens (tertiary/aromatic N) is 2. The van der Waals surface area contributed by atoms with Crippen molar-refractivity contribution in [3.63, 3.8) is 0 Å². The first kappa shape index (κ1) is 14.2. The van der Waals surface area contributed by atoms with Gasteiger partial charge in [0.1, 0.15) is 0 Å². The molecule has 1 amide bonds. The van der Waals surface area contributed by atoms with Gasteiger partial charge in [0.25, 0.3) is 0 Å². The number of imidazole rings is 1. The van der Waals surface area contributed by atoms with Crippen LogP contribution in [0.2, 0.25) is 0 Å². The molecule has 0 atom stereocenters. The molecule has 1 aromatic carbocycles. The zero-order chi connectivity index (χ0) is 15.2. The minimum atomic E-state index is -0.108. The Morgan fingerprint density at radius 2 is 2.27 bits per heavy atom. The van der Waals surface area contributed by atoms with Crippen LogP contribution in [0.5, 0.6) is 11.5 Å². The van der Waals surface area contributed by atoms with Crippen LogP contribution in [0, 0.1) is 0 Å². The van der Waals surface area contributed by atoms with Crippen molar-refractivity contribution >= 4 is 12.0 Å². The Labute approximate surface area is 128 Å². The summed E-state index contributed by atoms with van der Waals surface area (Å²) in [5, 5.41) is 2.85. The zero-order valence-corrected chi connectivity index (χ0v) is 12.1. The Hall–Kier alpha value is -2.76. The molecule has 1 aliphatic heterocycles. The molecule has 22 heavy (non-hydrogen) atoms. The van der Waals surface area contributed by atoms with Crippen LogP contribution < -0.4 is 14.8 Å². The summed E-state index contributed by atoms with van der Waals surface area (Å²) in [5.41, 5.74) is 0.901. The average Bonchev–Trinajstić information content (AvgIpc) is 3.20. The van der Waals surface area contributed by atoms with Crippen LogP contribution in [0.3, 0.4) is 0 Å². The Kier molecular flexibility index (Phi) is 4.38. The summed E-state index contributed by atoms with van der Waals surface area (Å²) in [6.45, 7) is 1.72. The number of amides is 1. The zero-order valence-electron chi connectivity index (χ0n) is 12.1. The van der Waals surface area contributed by atoms with Crippen LogP contribution in [0.1, 0.15) is 12.0 Å². The molecule has 0 fully saturated rings. The Balaban J connectivity index is 1.43. The topological polar surface area (TPSA) is 65.4 Å². The van der Waals surface area contributed by atoms with E-state index >= 15 is 0 Å². The first-order valence-corrected chi connectivity index (χ1v) is 7.12. The van der Waals surface area contributed by atoms with Crippen molar-refractivity contribution in [1.82, 2.24) is 14.9 Å². The van der Waals surface area contributed by atoms with E-state index in [1.807, 2.05) is 29.0 Å². The molecule has 0 unspecified atom stereocenters. The van der Waals surface area contributed by atoms with Crippen molar-refractivity contribution < 1.29 is 14.3 Å². The van der Waals surface area contributed by atoms with Crippen LogP contribution >= 0.6 is 0 Å². The molecule has 0 saturated carbocycles. The SMILES string of the molecule is O=C(C=Cc1ccc2c(c1)OCO2)NCCCn1ccnc1. The van der Waals surface area contributed by atoms with E-state index in [9.17, 15) is 4.79 Å². The molecule has 3 rings (SSSR count). The van der Waals surface area contributed by atoms with Crippen LogP contribution in [-0.4, -0.2) is 28.8 Å². The summed E-state index contributed by atoms with van der Waals surface area (Å²) in [7, 11) is 0. The van der Waals surface area contributed by atoms with Gasteiger partial charge in [-0.3, -0.25) is 4.79 Å². The van der Waals surface area contributed by atoms with Crippen LogP contribution in [-0.2, 0) is 11.3 Å². The smallest absolute Gasteiger partial charge is 0.244 e. The van der Waals surface area contributed by atoms with Gasteiger partial charge in [0.05, 0.1) is 6.33 Å². The molecule has 6 nitrogen and oxygen atoms in total. The van der Waals surface area contributed by atoms with Gasteiger partial charge in [0.2, 0.25) is 12.7 Å². The van der Waals surface area contributed by atoms with Gasteiger partial charge in [-0.15, -0.1) is 0 Å². The molecular weight excluding hydrogens is 282 g/mol. The normalized spacial score (nSPS) is 12.7. The summed E-state index contributed by atoms with van der Waals surface area (Å²) >= 11 is 0. The highest BCUT2D eigenvalue weighted by Gasteiger charge is 2.12. The van der Waals surface area contributed by atoms with E-state index in [0.29, 0.717) is 12.3 Å². The third kappa shape index (κ3) is 3.66. The van der Waals surface area contributed by atoms with E-state index in [1.54, 1.807) is 18.6 Å². The molecule has 0 aliphatic carbocycles. The van der Waals surface area contributed by atoms with Gasteiger partial charge in [-0.05, 0) is 30.2 Å². The second-order valence-electron chi connectivity index (χ2n) is 4.89. The summed E-state index contributed by atoms with van der Waals surface area (Å²) in [5.74, 6) is 1.34. The molecule has 2 aromatic rings. The number of fused-ring (bicyclic) bond motifs is 1. The number of hydrogen-bond donors (Lipinski definition) is 1. The molecule has 114 valence electrons. The predicted octanol–water partition coefficient (Wildman–Crippen LogP) is 1.83. The van der Waals surface area contributed by atoms with Crippen LogP contribution in [0.4, 0.5) is 0 Å². The van der Waals surface area contributed by atoms with Gasteiger partial charge in [-0.25, -0.2) is 4.98 Å². The Morgan fingerprint density at radius 1 is 1.36 bits per heavy atom. The van der Waals surface area contributed by atoms with Crippen molar-refractivity contribution in [1.29, 1.82) is 0 Å². The fourth-order valence-corrected chi connectivity index (χ4v) is 2.14. The highest BCUT2D eigenvalue weighted by atomic mass is 16.7. The summed E-state index contributed by atoms with van der Waals surface area (Å²) in [6.07, 6.45) is 9.55. The number of rotatable bonds is 6. The van der Waals surface area contributed by atoms with E-state index in [-0.39, 0.29) is 12.7 Å². The number of aryl methyl sites for hydroxylation is 1. The minimum absolute atomic E-state index is 0.108. The van der Waals surface area contributed by atoms with Gasteiger partial charge in [-0.2, -0.15) is 0 Å². The third-order valence-electron chi connectivity index (χ3n) is 3.28. The van der Waals surface area contributed by atoms with Crippen molar-refractivity contribution in [2.75, 3.05) is 13.3 Å². The lowest BCUT2D eigenvalue weighted by Gasteiger charge is -2.03. The number of hydrogen-bond acceptors (Lipinski definition) is 4. The van der Waals surface area contributed by atoms with Crippen molar-refractivity contribution in [3.05, 3.63) is 48.6 Å². The van der Waals surface area contributed by atoms with E-state index in [0.717, 1.165) is 24.3 Å². The second kappa shape index (κ2) is 6.80. The van der Waals surface area contributed by atoms with Crippen LogP contribution in [0.15, 0.2) is 43.0 Å². The summed E-state index contributed by atoms with van der Waals surface area (Å²) < 4.78 is 12.5. The number of carbonyl (C=O) groups is 1. The summed E-state index contributed by atoms with van der Waals surface area (Å²) in [4.78, 5) is 15.7. The molecule has 1 aliphatic rings. The second-order valence-corrected chi connectivity index (χ2v) is 4.89. The molecule has 1 N–H and O–H groups in total. The van der Waals surface area contributed by atoms with Crippen LogP contribution in [0.25, 0.3) is 6.08 Å². The molecular formula is C16H17N3O3. The fraction of sp³-hybridized carbons (Fsp3) is 0.250.